The molecule has 1 amide bonds. The minimum atomic E-state index is -0.539. The summed E-state index contributed by atoms with van der Waals surface area (Å²) < 4.78 is 5.01. The highest BCUT2D eigenvalue weighted by Crippen LogP contribution is 2.32. The number of fused-ring (bicyclic) bond motifs is 1. The molecule has 4 rings (SSSR count). The molecule has 0 spiro atoms. The van der Waals surface area contributed by atoms with Crippen LogP contribution in [0.4, 0.5) is 5.69 Å². The number of nitro benzene ring substituents is 1. The largest absolute Gasteiger partial charge is 0.490 e. The summed E-state index contributed by atoms with van der Waals surface area (Å²) in [4.78, 5) is 28.6. The Kier molecular flexibility index (Phi) is 4.80. The molecule has 0 bridgehead atoms. The van der Waals surface area contributed by atoms with Gasteiger partial charge in [-0.25, -0.2) is 0 Å². The van der Waals surface area contributed by atoms with Crippen molar-refractivity contribution >= 4 is 28.1 Å². The summed E-state index contributed by atoms with van der Waals surface area (Å²) in [5, 5.41) is 12.4. The number of H-pyrrole nitrogens is 1. The first kappa shape index (κ1) is 18.7. The number of methoxy groups -OCH3 is 1. The van der Waals surface area contributed by atoms with Gasteiger partial charge in [0.1, 0.15) is 0 Å². The number of nitrogens with one attached hydrogen (secondary N) is 1. The van der Waals surface area contributed by atoms with Gasteiger partial charge in [-0.2, -0.15) is 0 Å². The number of ether oxygens (including phenoxy) is 1. The van der Waals surface area contributed by atoms with Crippen molar-refractivity contribution in [2.24, 2.45) is 0 Å². The van der Waals surface area contributed by atoms with E-state index in [2.05, 4.69) is 30.1 Å². The lowest BCUT2D eigenvalue weighted by Gasteiger charge is -2.26. The van der Waals surface area contributed by atoms with E-state index in [1.165, 1.54) is 35.8 Å². The number of aromatic nitrogens is 1. The Morgan fingerprint density at radius 3 is 2.79 bits per heavy atom. The van der Waals surface area contributed by atoms with Crippen LogP contribution in [0.3, 0.4) is 0 Å². The van der Waals surface area contributed by atoms with Crippen molar-refractivity contribution in [2.45, 2.75) is 13.3 Å². The standard InChI is InChI=1S/C22H21N3O4/c1-14-4-3-5-17-18(13-23-21(14)17)15-8-10-24(11-9-15)22(26)16-6-7-20(29-2)19(12-16)25(27)28/h3-8,12-13,23H,9-11H2,1-2H3. The van der Waals surface area contributed by atoms with E-state index in [1.54, 1.807) is 11.0 Å². The Hall–Kier alpha value is -3.61. The fourth-order valence-corrected chi connectivity index (χ4v) is 3.82. The molecule has 1 N–H and O–H groups in total. The predicted octanol–water partition coefficient (Wildman–Crippen LogP) is 4.32. The molecule has 0 saturated heterocycles. The van der Waals surface area contributed by atoms with Gasteiger partial charge in [-0.3, -0.25) is 14.9 Å². The topological polar surface area (TPSA) is 88.5 Å². The molecule has 148 valence electrons. The van der Waals surface area contributed by atoms with Crippen molar-refractivity contribution in [2.75, 3.05) is 20.2 Å². The summed E-state index contributed by atoms with van der Waals surface area (Å²) in [5.41, 5.74) is 4.77. The van der Waals surface area contributed by atoms with Crippen molar-refractivity contribution in [3.8, 4) is 5.75 Å². The SMILES string of the molecule is COc1ccc(C(=O)N2CC=C(c3c[nH]c4c(C)cccc34)CC2)cc1[N+](=O)[O-]. The third-order valence-electron chi connectivity index (χ3n) is 5.39. The van der Waals surface area contributed by atoms with Gasteiger partial charge >= 0.3 is 5.69 Å². The van der Waals surface area contributed by atoms with Gasteiger partial charge in [-0.1, -0.05) is 24.3 Å². The molecule has 0 atom stereocenters. The number of para-hydroxylation sites is 1. The average Bonchev–Trinajstić information content (AvgIpc) is 3.18. The van der Waals surface area contributed by atoms with Crippen molar-refractivity contribution in [3.63, 3.8) is 0 Å². The number of nitro groups is 1. The first-order chi connectivity index (χ1) is 14.0. The molecule has 0 saturated carbocycles. The van der Waals surface area contributed by atoms with E-state index in [-0.39, 0.29) is 22.9 Å². The highest BCUT2D eigenvalue weighted by atomic mass is 16.6. The van der Waals surface area contributed by atoms with Crippen LogP contribution in [0.2, 0.25) is 0 Å². The minimum absolute atomic E-state index is 0.141. The van der Waals surface area contributed by atoms with E-state index < -0.39 is 4.92 Å². The molecule has 0 unspecified atom stereocenters. The number of benzene rings is 2. The van der Waals surface area contributed by atoms with Gasteiger partial charge in [-0.05, 0) is 36.6 Å². The van der Waals surface area contributed by atoms with E-state index in [0.717, 1.165) is 17.5 Å². The molecule has 2 heterocycles. The highest BCUT2D eigenvalue weighted by Gasteiger charge is 2.24. The lowest BCUT2D eigenvalue weighted by atomic mass is 9.98. The third-order valence-corrected chi connectivity index (χ3v) is 5.39. The maximum Gasteiger partial charge on any atom is 0.311 e. The van der Waals surface area contributed by atoms with Crippen LogP contribution in [0.25, 0.3) is 16.5 Å². The van der Waals surface area contributed by atoms with E-state index in [0.29, 0.717) is 13.1 Å². The Morgan fingerprint density at radius 1 is 1.28 bits per heavy atom. The molecular weight excluding hydrogens is 370 g/mol. The summed E-state index contributed by atoms with van der Waals surface area (Å²) in [6.45, 7) is 3.10. The molecular formula is C22H21N3O4. The number of hydrogen-bond acceptors (Lipinski definition) is 4. The number of rotatable bonds is 4. The molecule has 0 aliphatic carbocycles. The van der Waals surface area contributed by atoms with Gasteiger partial charge in [0.05, 0.1) is 12.0 Å². The van der Waals surface area contributed by atoms with Crippen LogP contribution in [-0.2, 0) is 0 Å². The van der Waals surface area contributed by atoms with Crippen molar-refractivity contribution in [1.82, 2.24) is 9.88 Å². The number of aryl methyl sites for hydroxylation is 1. The molecule has 7 nitrogen and oxygen atoms in total. The van der Waals surface area contributed by atoms with E-state index in [9.17, 15) is 14.9 Å². The molecule has 2 aromatic carbocycles. The molecule has 1 aliphatic rings. The van der Waals surface area contributed by atoms with Crippen LogP contribution < -0.4 is 4.74 Å². The van der Waals surface area contributed by atoms with Crippen molar-refractivity contribution in [3.05, 3.63) is 75.5 Å². The van der Waals surface area contributed by atoms with Crippen molar-refractivity contribution < 1.29 is 14.5 Å². The number of aromatic amines is 1. The monoisotopic (exact) mass is 391 g/mol. The van der Waals surface area contributed by atoms with Gasteiger partial charge < -0.3 is 14.6 Å². The number of carbonyl (C=O) groups excluding carboxylic acids is 1. The Morgan fingerprint density at radius 2 is 2.10 bits per heavy atom. The highest BCUT2D eigenvalue weighted by molar-refractivity contribution is 5.97. The number of carbonyl (C=O) groups is 1. The van der Waals surface area contributed by atoms with Gasteiger partial charge in [0.2, 0.25) is 0 Å². The van der Waals surface area contributed by atoms with Gasteiger partial charge in [0, 0.05) is 47.4 Å². The molecule has 0 radical (unpaired) electrons. The summed E-state index contributed by atoms with van der Waals surface area (Å²) in [6, 6.07) is 10.5. The van der Waals surface area contributed by atoms with Crippen molar-refractivity contribution in [1.29, 1.82) is 0 Å². The first-order valence-corrected chi connectivity index (χ1v) is 9.37. The van der Waals surface area contributed by atoms with Crippen LogP contribution in [0.15, 0.2) is 48.7 Å². The second-order valence-electron chi connectivity index (χ2n) is 7.07. The number of amides is 1. The summed E-state index contributed by atoms with van der Waals surface area (Å²) >= 11 is 0. The third kappa shape index (κ3) is 3.35. The van der Waals surface area contributed by atoms with Crippen LogP contribution in [0, 0.1) is 17.0 Å². The van der Waals surface area contributed by atoms with Crippen LogP contribution in [0.5, 0.6) is 5.75 Å². The average molecular weight is 391 g/mol. The maximum absolute atomic E-state index is 12.9. The fraction of sp³-hybridized carbons (Fsp3) is 0.227. The predicted molar refractivity (Wildman–Crippen MR) is 111 cm³/mol. The Balaban J connectivity index is 1.56. The Bertz CT molecular complexity index is 1150. The van der Waals surface area contributed by atoms with Gasteiger partial charge in [0.15, 0.2) is 5.75 Å². The second kappa shape index (κ2) is 7.43. The zero-order valence-corrected chi connectivity index (χ0v) is 16.3. The van der Waals surface area contributed by atoms with Crippen LogP contribution in [0.1, 0.15) is 27.9 Å². The molecule has 7 heteroatoms. The molecule has 29 heavy (non-hydrogen) atoms. The lowest BCUT2D eigenvalue weighted by Crippen LogP contribution is -2.34. The van der Waals surface area contributed by atoms with Gasteiger partial charge in [0.25, 0.3) is 5.91 Å². The maximum atomic E-state index is 12.9. The van der Waals surface area contributed by atoms with Crippen LogP contribution >= 0.6 is 0 Å². The first-order valence-electron chi connectivity index (χ1n) is 9.37. The Labute approximate surface area is 167 Å². The summed E-state index contributed by atoms with van der Waals surface area (Å²) in [5.74, 6) is -0.0807. The quantitative estimate of drug-likeness (QED) is 0.530. The van der Waals surface area contributed by atoms with Crippen LogP contribution in [-0.4, -0.2) is 40.9 Å². The summed E-state index contributed by atoms with van der Waals surface area (Å²) in [7, 11) is 1.37. The number of nitrogens with zero attached hydrogens (tertiary/aromatic N) is 2. The summed E-state index contributed by atoms with van der Waals surface area (Å²) in [6.07, 6.45) is 4.81. The zero-order valence-electron chi connectivity index (χ0n) is 16.3. The molecule has 3 aromatic rings. The molecule has 0 fully saturated rings. The fourth-order valence-electron chi connectivity index (χ4n) is 3.82. The molecule has 1 aliphatic heterocycles. The zero-order chi connectivity index (χ0) is 20.5. The lowest BCUT2D eigenvalue weighted by molar-refractivity contribution is -0.385. The van der Waals surface area contributed by atoms with Gasteiger partial charge in [-0.15, -0.1) is 0 Å². The second-order valence-corrected chi connectivity index (χ2v) is 7.07. The van der Waals surface area contributed by atoms with E-state index in [1.807, 2.05) is 12.3 Å². The molecule has 1 aromatic heterocycles. The minimum Gasteiger partial charge on any atom is -0.490 e. The normalized spacial score (nSPS) is 14.0. The number of hydrogen-bond donors (Lipinski definition) is 1. The van der Waals surface area contributed by atoms with E-state index >= 15 is 0 Å². The smallest absolute Gasteiger partial charge is 0.311 e. The van der Waals surface area contributed by atoms with E-state index in [4.69, 9.17) is 4.74 Å².